The van der Waals surface area contributed by atoms with Gasteiger partial charge in [0.05, 0.1) is 5.92 Å². The Morgan fingerprint density at radius 2 is 2.00 bits per heavy atom. The van der Waals surface area contributed by atoms with Crippen LogP contribution in [0.5, 0.6) is 0 Å². The summed E-state index contributed by atoms with van der Waals surface area (Å²) in [7, 11) is 0. The predicted molar refractivity (Wildman–Crippen MR) is 82.1 cm³/mol. The van der Waals surface area contributed by atoms with Crippen molar-refractivity contribution in [2.75, 3.05) is 17.2 Å². The van der Waals surface area contributed by atoms with E-state index in [9.17, 15) is 4.79 Å². The molecule has 3 heteroatoms. The van der Waals surface area contributed by atoms with Crippen molar-refractivity contribution in [1.82, 2.24) is 0 Å². The number of benzene rings is 2. The molecular weight excluding hydrogens is 248 g/mol. The maximum atomic E-state index is 12.3. The molecule has 1 aliphatic rings. The third-order valence-electron chi connectivity index (χ3n) is 3.78. The molecule has 0 bridgehead atoms. The minimum atomic E-state index is -0.150. The van der Waals surface area contributed by atoms with E-state index in [1.165, 1.54) is 11.3 Å². The number of rotatable bonds is 3. The number of fused-ring (bicyclic) bond motifs is 1. The lowest BCUT2D eigenvalue weighted by atomic mass is 10.0. The van der Waals surface area contributed by atoms with Crippen LogP contribution in [0.1, 0.15) is 24.0 Å². The topological polar surface area (TPSA) is 41.1 Å². The zero-order valence-corrected chi connectivity index (χ0v) is 11.5. The number of hydrogen-bond acceptors (Lipinski definition) is 2. The Hall–Kier alpha value is -2.29. The second-order valence-electron chi connectivity index (χ2n) is 5.17. The number of amides is 1. The molecule has 0 radical (unpaired) electrons. The summed E-state index contributed by atoms with van der Waals surface area (Å²) in [5.74, 6) is -0.121. The highest BCUT2D eigenvalue weighted by atomic mass is 16.1. The van der Waals surface area contributed by atoms with Gasteiger partial charge in [-0.05, 0) is 42.7 Å². The number of anilines is 2. The Morgan fingerprint density at radius 1 is 1.20 bits per heavy atom. The van der Waals surface area contributed by atoms with Gasteiger partial charge in [-0.1, -0.05) is 30.3 Å². The van der Waals surface area contributed by atoms with Crippen LogP contribution in [-0.4, -0.2) is 12.5 Å². The van der Waals surface area contributed by atoms with E-state index in [1.807, 2.05) is 49.4 Å². The summed E-state index contributed by atoms with van der Waals surface area (Å²) < 4.78 is 0. The van der Waals surface area contributed by atoms with Gasteiger partial charge in [-0.25, -0.2) is 0 Å². The van der Waals surface area contributed by atoms with Gasteiger partial charge in [0.25, 0.3) is 0 Å². The molecule has 1 aliphatic heterocycles. The molecule has 1 atom stereocenters. The Balaban J connectivity index is 1.73. The molecular formula is C17H18N2O. The third-order valence-corrected chi connectivity index (χ3v) is 3.78. The van der Waals surface area contributed by atoms with E-state index in [0.717, 1.165) is 24.2 Å². The molecule has 2 aromatic carbocycles. The minimum absolute atomic E-state index is 0.0297. The second-order valence-corrected chi connectivity index (χ2v) is 5.17. The summed E-state index contributed by atoms with van der Waals surface area (Å²) in [5.41, 5.74) is 4.36. The van der Waals surface area contributed by atoms with Crippen LogP contribution in [0.2, 0.25) is 0 Å². The number of carbonyl (C=O) groups excluding carboxylic acids is 1. The molecule has 3 rings (SSSR count). The molecule has 102 valence electrons. The monoisotopic (exact) mass is 266 g/mol. The largest absolute Gasteiger partial charge is 0.384 e. The second kappa shape index (κ2) is 5.37. The molecule has 0 saturated heterocycles. The predicted octanol–water partition coefficient (Wildman–Crippen LogP) is 3.40. The lowest BCUT2D eigenvalue weighted by molar-refractivity contribution is -0.117. The van der Waals surface area contributed by atoms with Crippen LogP contribution in [0, 0.1) is 0 Å². The number of nitrogens with one attached hydrogen (secondary N) is 2. The van der Waals surface area contributed by atoms with Crippen LogP contribution in [0.15, 0.2) is 48.5 Å². The number of carbonyl (C=O) groups is 1. The first-order valence-electron chi connectivity index (χ1n) is 6.96. The van der Waals surface area contributed by atoms with Gasteiger partial charge in [-0.15, -0.1) is 0 Å². The smallest absolute Gasteiger partial charge is 0.231 e. The van der Waals surface area contributed by atoms with Crippen molar-refractivity contribution >= 4 is 17.3 Å². The van der Waals surface area contributed by atoms with Gasteiger partial charge >= 0.3 is 0 Å². The van der Waals surface area contributed by atoms with Gasteiger partial charge in [0.15, 0.2) is 0 Å². The lowest BCUT2D eigenvalue weighted by Gasteiger charge is -2.13. The van der Waals surface area contributed by atoms with E-state index in [4.69, 9.17) is 0 Å². The molecule has 0 fully saturated rings. The van der Waals surface area contributed by atoms with Gasteiger partial charge in [-0.3, -0.25) is 4.79 Å². The minimum Gasteiger partial charge on any atom is -0.384 e. The fourth-order valence-electron chi connectivity index (χ4n) is 2.53. The maximum absolute atomic E-state index is 12.3. The summed E-state index contributed by atoms with van der Waals surface area (Å²) in [6, 6.07) is 15.9. The Morgan fingerprint density at radius 3 is 2.80 bits per heavy atom. The van der Waals surface area contributed by atoms with Crippen molar-refractivity contribution in [3.05, 3.63) is 59.7 Å². The van der Waals surface area contributed by atoms with E-state index in [-0.39, 0.29) is 11.8 Å². The summed E-state index contributed by atoms with van der Waals surface area (Å²) in [4.78, 5) is 12.3. The number of hydrogen-bond donors (Lipinski definition) is 2. The first-order chi connectivity index (χ1) is 9.74. The van der Waals surface area contributed by atoms with Crippen LogP contribution < -0.4 is 10.6 Å². The van der Waals surface area contributed by atoms with Gasteiger partial charge in [-0.2, -0.15) is 0 Å². The first-order valence-corrected chi connectivity index (χ1v) is 6.96. The van der Waals surface area contributed by atoms with Gasteiger partial charge in [0.1, 0.15) is 0 Å². The third kappa shape index (κ3) is 2.52. The Labute approximate surface area is 119 Å². The van der Waals surface area contributed by atoms with Crippen LogP contribution in [0.25, 0.3) is 0 Å². The Kier molecular flexibility index (Phi) is 3.42. The van der Waals surface area contributed by atoms with Crippen LogP contribution in [0.3, 0.4) is 0 Å². The van der Waals surface area contributed by atoms with E-state index in [2.05, 4.69) is 16.7 Å². The van der Waals surface area contributed by atoms with Gasteiger partial charge in [0, 0.05) is 17.9 Å². The lowest BCUT2D eigenvalue weighted by Crippen LogP contribution is -2.18. The van der Waals surface area contributed by atoms with Crippen molar-refractivity contribution in [1.29, 1.82) is 0 Å². The van der Waals surface area contributed by atoms with Gasteiger partial charge < -0.3 is 10.6 Å². The zero-order chi connectivity index (χ0) is 13.9. The van der Waals surface area contributed by atoms with Crippen molar-refractivity contribution < 1.29 is 4.79 Å². The normalized spacial score (nSPS) is 14.2. The summed E-state index contributed by atoms with van der Waals surface area (Å²) in [5, 5.41) is 6.32. The zero-order valence-electron chi connectivity index (χ0n) is 11.5. The molecule has 3 nitrogen and oxygen atoms in total. The molecule has 0 aromatic heterocycles. The van der Waals surface area contributed by atoms with Crippen molar-refractivity contribution in [2.24, 2.45) is 0 Å². The highest BCUT2D eigenvalue weighted by Crippen LogP contribution is 2.26. The molecule has 1 amide bonds. The van der Waals surface area contributed by atoms with Crippen LogP contribution in [-0.2, 0) is 11.2 Å². The summed E-state index contributed by atoms with van der Waals surface area (Å²) in [6.07, 6.45) is 1.02. The fourth-order valence-corrected chi connectivity index (χ4v) is 2.53. The highest BCUT2D eigenvalue weighted by molar-refractivity contribution is 5.95. The van der Waals surface area contributed by atoms with Crippen molar-refractivity contribution in [3.63, 3.8) is 0 Å². The summed E-state index contributed by atoms with van der Waals surface area (Å²) in [6.45, 7) is 2.91. The molecule has 1 heterocycles. The average molecular weight is 266 g/mol. The van der Waals surface area contributed by atoms with E-state index in [1.54, 1.807) is 0 Å². The summed E-state index contributed by atoms with van der Waals surface area (Å²) >= 11 is 0. The fraction of sp³-hybridized carbons (Fsp3) is 0.235. The highest BCUT2D eigenvalue weighted by Gasteiger charge is 2.16. The van der Waals surface area contributed by atoms with Crippen LogP contribution >= 0.6 is 0 Å². The van der Waals surface area contributed by atoms with E-state index in [0.29, 0.717) is 0 Å². The van der Waals surface area contributed by atoms with E-state index < -0.39 is 0 Å². The molecule has 1 unspecified atom stereocenters. The molecule has 0 aliphatic carbocycles. The molecule has 0 saturated carbocycles. The quantitative estimate of drug-likeness (QED) is 0.894. The average Bonchev–Trinajstić information content (AvgIpc) is 2.95. The molecule has 2 N–H and O–H groups in total. The molecule has 20 heavy (non-hydrogen) atoms. The Bertz CT molecular complexity index is 622. The first kappa shape index (κ1) is 12.7. The van der Waals surface area contributed by atoms with E-state index >= 15 is 0 Å². The van der Waals surface area contributed by atoms with Crippen molar-refractivity contribution in [2.45, 2.75) is 19.3 Å². The standard InChI is InChI=1S/C17H18N2O/c1-12(13-5-3-2-4-6-13)17(20)19-15-7-8-16-14(11-15)9-10-18-16/h2-8,11-12,18H,9-10H2,1H3,(H,19,20). The van der Waals surface area contributed by atoms with Crippen LogP contribution in [0.4, 0.5) is 11.4 Å². The maximum Gasteiger partial charge on any atom is 0.231 e. The SMILES string of the molecule is CC(C(=O)Nc1ccc2c(c1)CCN2)c1ccccc1. The van der Waals surface area contributed by atoms with Gasteiger partial charge in [0.2, 0.25) is 5.91 Å². The molecule has 2 aromatic rings. The van der Waals surface area contributed by atoms with Crippen molar-refractivity contribution in [3.8, 4) is 0 Å². The molecule has 0 spiro atoms.